The van der Waals surface area contributed by atoms with E-state index in [0.29, 0.717) is 44.8 Å². The van der Waals surface area contributed by atoms with Gasteiger partial charge < -0.3 is 29.9 Å². The van der Waals surface area contributed by atoms with Crippen molar-refractivity contribution in [3.05, 3.63) is 54.1 Å². The van der Waals surface area contributed by atoms with Crippen molar-refractivity contribution in [3.63, 3.8) is 0 Å². The molecular weight excluding hydrogens is 577 g/mol. The lowest BCUT2D eigenvalue weighted by atomic mass is 9.89. The van der Waals surface area contributed by atoms with E-state index in [4.69, 9.17) is 24.2 Å². The second kappa shape index (κ2) is 21.0. The lowest BCUT2D eigenvalue weighted by molar-refractivity contribution is -0.191. The van der Waals surface area contributed by atoms with Crippen LogP contribution in [0.2, 0.25) is 0 Å². The number of carboxylic acids is 1. The number of hydrogen-bond acceptors (Lipinski definition) is 10. The summed E-state index contributed by atoms with van der Waals surface area (Å²) in [6.45, 7) is 9.77. The maximum atomic E-state index is 14.7. The van der Waals surface area contributed by atoms with Gasteiger partial charge >= 0.3 is 12.1 Å². The summed E-state index contributed by atoms with van der Waals surface area (Å²) < 4.78 is 26.4. The molecule has 0 spiro atoms. The number of methoxy groups -OCH3 is 2. The number of aromatic nitrogens is 3. The Balaban J connectivity index is 0.00000108. The van der Waals surface area contributed by atoms with Gasteiger partial charge in [0.25, 0.3) is 5.91 Å². The molecule has 1 fully saturated rings. The zero-order valence-corrected chi connectivity index (χ0v) is 25.8. The SMILES string of the molecule is C=CC(=O)O.COCCCCc1c(C(=O)N(CC(C)C)[C@@H]2CNC[C@H](C(O)COC)C2)nnn1-c1ccccc1F.O=C=O. The number of aliphatic hydroxyl groups is 1. The molecule has 3 rings (SSSR count). The molecule has 1 aromatic heterocycles. The lowest BCUT2D eigenvalue weighted by Crippen LogP contribution is -2.54. The van der Waals surface area contributed by atoms with E-state index in [0.717, 1.165) is 18.9 Å². The van der Waals surface area contributed by atoms with E-state index in [1.807, 2.05) is 4.90 Å². The number of amides is 1. The number of aliphatic carboxylic acids is 1. The van der Waals surface area contributed by atoms with Crippen LogP contribution in [0.1, 0.15) is 49.3 Å². The predicted molar refractivity (Wildman–Crippen MR) is 157 cm³/mol. The second-order valence-electron chi connectivity index (χ2n) is 10.5. The van der Waals surface area contributed by atoms with Crippen molar-refractivity contribution in [2.75, 3.05) is 47.1 Å². The molecule has 0 bridgehead atoms. The molecule has 14 heteroatoms. The summed E-state index contributed by atoms with van der Waals surface area (Å²) in [5.41, 5.74) is 1.11. The largest absolute Gasteiger partial charge is 0.478 e. The average Bonchev–Trinajstić information content (AvgIpc) is 3.42. The first-order valence-electron chi connectivity index (χ1n) is 14.3. The summed E-state index contributed by atoms with van der Waals surface area (Å²) in [6, 6.07) is 6.24. The number of piperidine rings is 1. The molecule has 2 aromatic rings. The van der Waals surface area contributed by atoms with Crippen molar-refractivity contribution in [1.29, 1.82) is 0 Å². The molecule has 1 aromatic carbocycles. The Labute approximate surface area is 257 Å². The maximum absolute atomic E-state index is 14.7. The number of ether oxygens (including phenoxy) is 2. The quantitative estimate of drug-likeness (QED) is 0.208. The van der Waals surface area contributed by atoms with Crippen LogP contribution in [0, 0.1) is 17.7 Å². The number of nitrogens with zero attached hydrogens (tertiary/aromatic N) is 4. The van der Waals surface area contributed by atoms with Crippen molar-refractivity contribution in [3.8, 4) is 5.69 Å². The number of unbranched alkanes of at least 4 members (excludes halogenated alkanes) is 1. The van der Waals surface area contributed by atoms with E-state index in [2.05, 4.69) is 36.1 Å². The highest BCUT2D eigenvalue weighted by Crippen LogP contribution is 2.25. The minimum absolute atomic E-state index is 0.0335. The molecule has 0 radical (unpaired) electrons. The lowest BCUT2D eigenvalue weighted by Gasteiger charge is -2.40. The van der Waals surface area contributed by atoms with Gasteiger partial charge in [-0.3, -0.25) is 4.79 Å². The highest BCUT2D eigenvalue weighted by Gasteiger charge is 2.35. The van der Waals surface area contributed by atoms with Gasteiger partial charge in [0.1, 0.15) is 11.5 Å². The number of carbonyl (C=O) groups is 2. The highest BCUT2D eigenvalue weighted by molar-refractivity contribution is 5.93. The monoisotopic (exact) mass is 621 g/mol. The average molecular weight is 622 g/mol. The van der Waals surface area contributed by atoms with Crippen LogP contribution in [0.15, 0.2) is 36.9 Å². The first-order chi connectivity index (χ1) is 21.1. The van der Waals surface area contributed by atoms with Crippen LogP contribution in [0.25, 0.3) is 5.69 Å². The standard InChI is InChI=1S/C26H40FN5O4.C3H4O2.CO2/c1-18(2)16-31(20-13-19(14-28-15-20)24(33)17-36-4)26(34)25-23(11-7-8-12-35-3)32(30-29-25)22-10-6-5-9-21(22)27;1-2-3(4)5;2-1-3/h5-6,9-10,18-20,24,28,33H,7-8,11-17H2,1-4H3;2H,1H2,(H,4,5);/t19-,20+,24?;;/m1../s1. The van der Waals surface area contributed by atoms with Crippen molar-refractivity contribution >= 4 is 18.0 Å². The van der Waals surface area contributed by atoms with E-state index in [-0.39, 0.29) is 47.9 Å². The minimum atomic E-state index is -0.981. The zero-order chi connectivity index (χ0) is 33.1. The topological polar surface area (TPSA) is 173 Å². The fourth-order valence-electron chi connectivity index (χ4n) is 4.76. The molecule has 1 aliphatic rings. The predicted octanol–water partition coefficient (Wildman–Crippen LogP) is 2.13. The fraction of sp³-hybridized carbons (Fsp3) is 0.567. The van der Waals surface area contributed by atoms with Crippen molar-refractivity contribution in [1.82, 2.24) is 25.2 Å². The molecular formula is C30H44FN5O8. The molecule has 0 saturated carbocycles. The van der Waals surface area contributed by atoms with Crippen LogP contribution >= 0.6 is 0 Å². The number of aliphatic hydroxyl groups excluding tert-OH is 1. The number of benzene rings is 1. The first-order valence-corrected chi connectivity index (χ1v) is 14.3. The number of nitrogens with one attached hydrogen (secondary N) is 1. The number of carboxylic acid groups (broad SMARTS) is 1. The van der Waals surface area contributed by atoms with Gasteiger partial charge in [-0.15, -0.1) is 5.10 Å². The van der Waals surface area contributed by atoms with Crippen LogP contribution in [-0.4, -0.2) is 107 Å². The van der Waals surface area contributed by atoms with Gasteiger partial charge in [0.15, 0.2) is 5.69 Å². The van der Waals surface area contributed by atoms with Crippen LogP contribution in [0.3, 0.4) is 0 Å². The third-order valence-electron chi connectivity index (χ3n) is 6.74. The summed E-state index contributed by atoms with van der Waals surface area (Å²) in [7, 11) is 3.22. The van der Waals surface area contributed by atoms with Gasteiger partial charge in [-0.05, 0) is 43.7 Å². The van der Waals surface area contributed by atoms with Gasteiger partial charge in [0, 0.05) is 58.5 Å². The fourth-order valence-corrected chi connectivity index (χ4v) is 4.76. The molecule has 1 aliphatic heterocycles. The molecule has 0 aliphatic carbocycles. The molecule has 3 atom stereocenters. The Hall–Kier alpha value is -3.81. The summed E-state index contributed by atoms with van der Waals surface area (Å²) in [4.78, 5) is 41.3. The van der Waals surface area contributed by atoms with Gasteiger partial charge in [0.2, 0.25) is 0 Å². The van der Waals surface area contributed by atoms with E-state index in [9.17, 15) is 19.1 Å². The first kappa shape index (κ1) is 38.2. The van der Waals surface area contributed by atoms with E-state index in [1.54, 1.807) is 32.4 Å². The number of para-hydroxylation sites is 1. The van der Waals surface area contributed by atoms with Crippen molar-refractivity contribution < 1.29 is 43.3 Å². The Morgan fingerprint density at radius 2 is 1.89 bits per heavy atom. The smallest absolute Gasteiger partial charge is 0.373 e. The maximum Gasteiger partial charge on any atom is 0.373 e. The second-order valence-corrected chi connectivity index (χ2v) is 10.5. The van der Waals surface area contributed by atoms with Gasteiger partial charge in [-0.1, -0.05) is 37.8 Å². The summed E-state index contributed by atoms with van der Waals surface area (Å²) in [6.07, 6.45) is 3.18. The highest BCUT2D eigenvalue weighted by atomic mass is 19.1. The van der Waals surface area contributed by atoms with Crippen LogP contribution in [-0.2, 0) is 30.3 Å². The van der Waals surface area contributed by atoms with Crippen LogP contribution in [0.4, 0.5) is 4.39 Å². The van der Waals surface area contributed by atoms with Gasteiger partial charge in [-0.25, -0.2) is 13.9 Å². The molecule has 244 valence electrons. The van der Waals surface area contributed by atoms with E-state index in [1.165, 1.54) is 10.7 Å². The minimum Gasteiger partial charge on any atom is -0.478 e. The third kappa shape index (κ3) is 12.4. The molecule has 44 heavy (non-hydrogen) atoms. The summed E-state index contributed by atoms with van der Waals surface area (Å²) in [5.74, 6) is -1.43. The number of hydrogen-bond donors (Lipinski definition) is 3. The van der Waals surface area contributed by atoms with Gasteiger partial charge in [0.05, 0.1) is 18.4 Å². The summed E-state index contributed by atoms with van der Waals surface area (Å²) >= 11 is 0. The molecule has 13 nitrogen and oxygen atoms in total. The normalized spacial score (nSPS) is 16.4. The Morgan fingerprint density at radius 3 is 2.45 bits per heavy atom. The molecule has 2 heterocycles. The number of halogens is 1. The Morgan fingerprint density at radius 1 is 1.23 bits per heavy atom. The zero-order valence-electron chi connectivity index (χ0n) is 25.8. The summed E-state index contributed by atoms with van der Waals surface area (Å²) in [5, 5.41) is 30.0. The van der Waals surface area contributed by atoms with Crippen molar-refractivity contribution in [2.45, 2.75) is 51.7 Å². The van der Waals surface area contributed by atoms with Crippen LogP contribution < -0.4 is 5.32 Å². The van der Waals surface area contributed by atoms with Gasteiger partial charge in [-0.2, -0.15) is 9.59 Å². The Bertz CT molecular complexity index is 1200. The molecule has 1 amide bonds. The Kier molecular flexibility index (Phi) is 18.2. The van der Waals surface area contributed by atoms with E-state index < -0.39 is 17.9 Å². The van der Waals surface area contributed by atoms with Crippen molar-refractivity contribution in [2.24, 2.45) is 11.8 Å². The van der Waals surface area contributed by atoms with Crippen LogP contribution in [0.5, 0.6) is 0 Å². The number of carbonyl (C=O) groups excluding carboxylic acids is 3. The molecule has 1 saturated heterocycles. The van der Waals surface area contributed by atoms with E-state index >= 15 is 0 Å². The molecule has 1 unspecified atom stereocenters. The third-order valence-corrected chi connectivity index (χ3v) is 6.74. The molecule has 3 N–H and O–H groups in total. The number of rotatable bonds is 14.